The lowest BCUT2D eigenvalue weighted by molar-refractivity contribution is 0.539. The zero-order valence-corrected chi connectivity index (χ0v) is 8.98. The van der Waals surface area contributed by atoms with Gasteiger partial charge in [-0.25, -0.2) is 9.97 Å². The molecule has 0 aliphatic heterocycles. The third-order valence-corrected chi connectivity index (χ3v) is 3.07. The van der Waals surface area contributed by atoms with Gasteiger partial charge in [0.2, 0.25) is 5.95 Å². The van der Waals surface area contributed by atoms with Crippen LogP contribution in [0, 0.1) is 5.92 Å². The van der Waals surface area contributed by atoms with Crippen molar-refractivity contribution in [2.75, 3.05) is 5.73 Å². The van der Waals surface area contributed by atoms with Gasteiger partial charge in [-0.05, 0) is 18.8 Å². The molecule has 2 atom stereocenters. The van der Waals surface area contributed by atoms with Crippen LogP contribution in [0.3, 0.4) is 0 Å². The molecule has 0 spiro atoms. The highest BCUT2D eigenvalue weighted by Gasteiger charge is 2.53. The standard InChI is InChI=1S/C10H17N5/c1-2-3-4-7-5-10(7,12)8-13-6-14-9(11)15-8/h6-7H,2-5,12H2,1H3,(H2,11,13,14,15). The van der Waals surface area contributed by atoms with Gasteiger partial charge < -0.3 is 11.5 Å². The highest BCUT2D eigenvalue weighted by molar-refractivity contribution is 5.23. The molecule has 1 saturated carbocycles. The molecule has 1 heterocycles. The third kappa shape index (κ3) is 1.92. The normalized spacial score (nSPS) is 29.1. The van der Waals surface area contributed by atoms with Crippen molar-refractivity contribution in [2.45, 2.75) is 38.1 Å². The minimum atomic E-state index is -0.341. The summed E-state index contributed by atoms with van der Waals surface area (Å²) in [4.78, 5) is 12.0. The Morgan fingerprint density at radius 3 is 3.00 bits per heavy atom. The van der Waals surface area contributed by atoms with Crippen LogP contribution in [0.2, 0.25) is 0 Å². The lowest BCUT2D eigenvalue weighted by Gasteiger charge is -2.09. The Kier molecular flexibility index (Phi) is 2.56. The molecule has 4 N–H and O–H groups in total. The van der Waals surface area contributed by atoms with Gasteiger partial charge in [0.25, 0.3) is 0 Å². The highest BCUT2D eigenvalue weighted by Crippen LogP contribution is 2.50. The molecule has 1 aliphatic rings. The zero-order chi connectivity index (χ0) is 10.9. The largest absolute Gasteiger partial charge is 0.368 e. The van der Waals surface area contributed by atoms with Crippen LogP contribution in [-0.2, 0) is 5.54 Å². The van der Waals surface area contributed by atoms with Crippen LogP contribution in [0.25, 0.3) is 0 Å². The van der Waals surface area contributed by atoms with E-state index in [-0.39, 0.29) is 11.5 Å². The van der Waals surface area contributed by atoms with Gasteiger partial charge in [0.1, 0.15) is 6.33 Å². The summed E-state index contributed by atoms with van der Waals surface area (Å²) < 4.78 is 0. The summed E-state index contributed by atoms with van der Waals surface area (Å²) in [6, 6.07) is 0. The summed E-state index contributed by atoms with van der Waals surface area (Å²) in [6.45, 7) is 2.18. The fourth-order valence-electron chi connectivity index (χ4n) is 1.97. The number of nitrogens with two attached hydrogens (primary N) is 2. The van der Waals surface area contributed by atoms with Gasteiger partial charge in [-0.1, -0.05) is 19.8 Å². The number of hydrogen-bond donors (Lipinski definition) is 2. The van der Waals surface area contributed by atoms with Crippen LogP contribution < -0.4 is 11.5 Å². The van der Waals surface area contributed by atoms with E-state index in [1.807, 2.05) is 0 Å². The number of hydrogen-bond acceptors (Lipinski definition) is 5. The molecular formula is C10H17N5. The van der Waals surface area contributed by atoms with Gasteiger partial charge in [-0.2, -0.15) is 4.98 Å². The molecule has 82 valence electrons. The van der Waals surface area contributed by atoms with Gasteiger partial charge in [0.05, 0.1) is 5.54 Å². The first-order valence-corrected chi connectivity index (χ1v) is 5.40. The first-order chi connectivity index (χ1) is 7.16. The Bertz CT molecular complexity index is 353. The van der Waals surface area contributed by atoms with Crippen molar-refractivity contribution in [3.63, 3.8) is 0 Å². The molecule has 1 fully saturated rings. The Morgan fingerprint density at radius 2 is 2.33 bits per heavy atom. The maximum Gasteiger partial charge on any atom is 0.223 e. The molecule has 0 amide bonds. The molecule has 1 aromatic rings. The minimum absolute atomic E-state index is 0.256. The maximum atomic E-state index is 6.21. The Hall–Kier alpha value is -1.23. The van der Waals surface area contributed by atoms with Gasteiger partial charge in [0.15, 0.2) is 5.82 Å². The minimum Gasteiger partial charge on any atom is -0.368 e. The molecule has 0 aromatic carbocycles. The van der Waals surface area contributed by atoms with Crippen molar-refractivity contribution in [3.8, 4) is 0 Å². The molecular weight excluding hydrogens is 190 g/mol. The second-order valence-corrected chi connectivity index (χ2v) is 4.25. The molecule has 5 nitrogen and oxygen atoms in total. The predicted molar refractivity (Wildman–Crippen MR) is 57.7 cm³/mol. The van der Waals surface area contributed by atoms with Crippen molar-refractivity contribution in [1.82, 2.24) is 15.0 Å². The van der Waals surface area contributed by atoms with Crippen LogP contribution in [0.15, 0.2) is 6.33 Å². The molecule has 0 bridgehead atoms. The molecule has 1 aromatic heterocycles. The van der Waals surface area contributed by atoms with Crippen LogP contribution in [0.5, 0.6) is 0 Å². The Morgan fingerprint density at radius 1 is 1.53 bits per heavy atom. The van der Waals surface area contributed by atoms with Crippen molar-refractivity contribution in [2.24, 2.45) is 11.7 Å². The SMILES string of the molecule is CCCCC1CC1(N)c1ncnc(N)n1. The van der Waals surface area contributed by atoms with Crippen molar-refractivity contribution >= 4 is 5.95 Å². The number of nitrogen functional groups attached to an aromatic ring is 1. The molecule has 0 radical (unpaired) electrons. The molecule has 2 unspecified atom stereocenters. The Balaban J connectivity index is 2.06. The number of unbranched alkanes of at least 4 members (excludes halogenated alkanes) is 1. The number of aromatic nitrogens is 3. The lowest BCUT2D eigenvalue weighted by Crippen LogP contribution is -2.26. The van der Waals surface area contributed by atoms with Crippen LogP contribution in [0.1, 0.15) is 38.4 Å². The highest BCUT2D eigenvalue weighted by atomic mass is 15.1. The first-order valence-electron chi connectivity index (χ1n) is 5.40. The quantitative estimate of drug-likeness (QED) is 0.762. The third-order valence-electron chi connectivity index (χ3n) is 3.07. The monoisotopic (exact) mass is 207 g/mol. The van der Waals surface area contributed by atoms with Crippen LogP contribution >= 0.6 is 0 Å². The smallest absolute Gasteiger partial charge is 0.223 e. The summed E-state index contributed by atoms with van der Waals surface area (Å²) in [7, 11) is 0. The molecule has 0 saturated heterocycles. The van der Waals surface area contributed by atoms with Crippen LogP contribution in [-0.4, -0.2) is 15.0 Å². The molecule has 1 aliphatic carbocycles. The predicted octanol–water partition coefficient (Wildman–Crippen LogP) is 0.818. The van der Waals surface area contributed by atoms with Gasteiger partial charge in [0, 0.05) is 0 Å². The van der Waals surface area contributed by atoms with E-state index in [0.29, 0.717) is 11.7 Å². The van der Waals surface area contributed by atoms with Gasteiger partial charge in [-0.15, -0.1) is 0 Å². The van der Waals surface area contributed by atoms with Crippen molar-refractivity contribution in [1.29, 1.82) is 0 Å². The molecule has 15 heavy (non-hydrogen) atoms. The average molecular weight is 207 g/mol. The van der Waals surface area contributed by atoms with Crippen LogP contribution in [0.4, 0.5) is 5.95 Å². The summed E-state index contributed by atoms with van der Waals surface area (Å²) in [5.41, 5.74) is 11.4. The fourth-order valence-corrected chi connectivity index (χ4v) is 1.97. The molecule has 5 heteroatoms. The van der Waals surface area contributed by atoms with E-state index < -0.39 is 0 Å². The van der Waals surface area contributed by atoms with Crippen molar-refractivity contribution in [3.05, 3.63) is 12.2 Å². The van der Waals surface area contributed by atoms with E-state index in [1.54, 1.807) is 0 Å². The first kappa shape index (κ1) is 10.3. The number of nitrogens with zero attached hydrogens (tertiary/aromatic N) is 3. The summed E-state index contributed by atoms with van der Waals surface area (Å²) in [6.07, 6.45) is 5.96. The zero-order valence-electron chi connectivity index (χ0n) is 8.98. The second kappa shape index (κ2) is 3.73. The van der Waals surface area contributed by atoms with E-state index in [1.165, 1.54) is 19.2 Å². The lowest BCUT2D eigenvalue weighted by atomic mass is 10.1. The maximum absolute atomic E-state index is 6.21. The topological polar surface area (TPSA) is 90.7 Å². The van der Waals surface area contributed by atoms with Gasteiger partial charge >= 0.3 is 0 Å². The fraction of sp³-hybridized carbons (Fsp3) is 0.700. The van der Waals surface area contributed by atoms with Crippen molar-refractivity contribution < 1.29 is 0 Å². The summed E-state index contributed by atoms with van der Waals surface area (Å²) in [5.74, 6) is 1.42. The summed E-state index contributed by atoms with van der Waals surface area (Å²) >= 11 is 0. The Labute approximate surface area is 89.3 Å². The average Bonchev–Trinajstić information content (AvgIpc) is 2.88. The van der Waals surface area contributed by atoms with E-state index >= 15 is 0 Å². The van der Waals surface area contributed by atoms with E-state index in [2.05, 4.69) is 21.9 Å². The number of rotatable bonds is 4. The van der Waals surface area contributed by atoms with E-state index in [9.17, 15) is 0 Å². The second-order valence-electron chi connectivity index (χ2n) is 4.25. The van der Waals surface area contributed by atoms with E-state index in [4.69, 9.17) is 11.5 Å². The van der Waals surface area contributed by atoms with Gasteiger partial charge in [-0.3, -0.25) is 0 Å². The number of anilines is 1. The van der Waals surface area contributed by atoms with E-state index in [0.717, 1.165) is 12.8 Å². The summed E-state index contributed by atoms with van der Waals surface area (Å²) in [5, 5.41) is 0. The molecule has 2 rings (SSSR count).